The van der Waals surface area contributed by atoms with Crippen LogP contribution in [0.4, 0.5) is 5.95 Å². The highest BCUT2D eigenvalue weighted by Gasteiger charge is 2.20. The summed E-state index contributed by atoms with van der Waals surface area (Å²) in [6.45, 7) is 1.86. The maximum Gasteiger partial charge on any atom is 0.329 e. The monoisotopic (exact) mass is 482 g/mol. The van der Waals surface area contributed by atoms with Crippen LogP contribution in [0.2, 0.25) is 5.02 Å². The van der Waals surface area contributed by atoms with Gasteiger partial charge in [0.1, 0.15) is 18.5 Å². The number of hydrogen-bond donors (Lipinski definition) is 3. The number of aliphatic hydroxyl groups is 1. The van der Waals surface area contributed by atoms with E-state index in [9.17, 15) is 14.7 Å². The van der Waals surface area contributed by atoms with Crippen LogP contribution in [-0.2, 0) is 13.6 Å². The molecule has 2 heterocycles. The number of ether oxygens (including phenoxy) is 1. The van der Waals surface area contributed by atoms with Crippen molar-refractivity contribution in [3.8, 4) is 5.75 Å². The number of nitrogens with one attached hydrogen (secondary N) is 2. The highest BCUT2D eigenvalue weighted by atomic mass is 35.5. The summed E-state index contributed by atoms with van der Waals surface area (Å²) < 4.78 is 8.41. The van der Waals surface area contributed by atoms with Gasteiger partial charge in [0.2, 0.25) is 5.95 Å². The molecule has 0 amide bonds. The van der Waals surface area contributed by atoms with Crippen LogP contribution in [0.25, 0.3) is 11.2 Å². The van der Waals surface area contributed by atoms with Crippen molar-refractivity contribution in [2.45, 2.75) is 19.6 Å². The molecule has 176 valence electrons. The highest BCUT2D eigenvalue weighted by molar-refractivity contribution is 6.33. The number of para-hydroxylation sites is 1. The molecule has 3 N–H and O–H groups in total. The Labute approximate surface area is 199 Å². The minimum Gasteiger partial charge on any atom is -0.491 e. The second-order valence-electron chi connectivity index (χ2n) is 7.66. The maximum absolute atomic E-state index is 12.6. The molecule has 1 atom stereocenters. The highest BCUT2D eigenvalue weighted by Crippen LogP contribution is 2.19. The number of H-pyrrole nitrogens is 1. The van der Waals surface area contributed by atoms with Crippen LogP contribution < -0.4 is 21.4 Å². The third kappa shape index (κ3) is 4.87. The molecule has 0 saturated heterocycles. The Kier molecular flexibility index (Phi) is 6.80. The van der Waals surface area contributed by atoms with Gasteiger partial charge >= 0.3 is 5.69 Å². The standard InChI is InChI=1S/C23H23ClN6O4/c1-14-7-3-6-10-18(14)34-13-16(31)12-30-19-20(29(2)23(33)27-21(19)32)26-22(30)28-25-11-15-8-4-5-9-17(15)24/h3-11,16,31H,12-13H2,1-2H3,(H,26,28)(H,27,32,33)/b25-11+. The summed E-state index contributed by atoms with van der Waals surface area (Å²) in [4.78, 5) is 31.3. The SMILES string of the molecule is Cc1ccccc1OCC(O)Cn1c(N/N=C/c2ccccc2Cl)nc2c1c(=O)[nH]c(=O)n2C. The van der Waals surface area contributed by atoms with Gasteiger partial charge < -0.3 is 14.4 Å². The Morgan fingerprint density at radius 1 is 1.24 bits per heavy atom. The van der Waals surface area contributed by atoms with E-state index < -0.39 is 17.4 Å². The lowest BCUT2D eigenvalue weighted by Crippen LogP contribution is -2.30. The number of halogens is 1. The molecule has 4 aromatic rings. The van der Waals surface area contributed by atoms with Crippen molar-refractivity contribution in [3.05, 3.63) is 85.5 Å². The zero-order valence-corrected chi connectivity index (χ0v) is 19.3. The van der Waals surface area contributed by atoms with E-state index in [2.05, 4.69) is 20.5 Å². The molecule has 1 unspecified atom stereocenters. The fourth-order valence-electron chi connectivity index (χ4n) is 3.40. The number of rotatable bonds is 8. The predicted octanol–water partition coefficient (Wildman–Crippen LogP) is 2.27. The van der Waals surface area contributed by atoms with Gasteiger partial charge in [-0.1, -0.05) is 48.0 Å². The molecule has 0 fully saturated rings. The number of fused-ring (bicyclic) bond motifs is 1. The predicted molar refractivity (Wildman–Crippen MR) is 131 cm³/mol. The van der Waals surface area contributed by atoms with Crippen molar-refractivity contribution in [2.24, 2.45) is 12.1 Å². The number of nitrogens with zero attached hydrogens (tertiary/aromatic N) is 4. The molecule has 0 bridgehead atoms. The molecule has 2 aromatic carbocycles. The van der Waals surface area contributed by atoms with Crippen molar-refractivity contribution in [3.63, 3.8) is 0 Å². The van der Waals surface area contributed by atoms with Crippen molar-refractivity contribution in [1.82, 2.24) is 19.1 Å². The zero-order chi connectivity index (χ0) is 24.2. The van der Waals surface area contributed by atoms with E-state index in [0.29, 0.717) is 16.3 Å². The second kappa shape index (κ2) is 9.94. The van der Waals surface area contributed by atoms with Crippen LogP contribution >= 0.6 is 11.6 Å². The summed E-state index contributed by atoms with van der Waals surface area (Å²) >= 11 is 6.16. The lowest BCUT2D eigenvalue weighted by atomic mass is 10.2. The molecular formula is C23H23ClN6O4. The first-order valence-corrected chi connectivity index (χ1v) is 10.8. The van der Waals surface area contributed by atoms with Crippen LogP contribution in [0.3, 0.4) is 0 Å². The lowest BCUT2D eigenvalue weighted by Gasteiger charge is -2.16. The van der Waals surface area contributed by atoms with Crippen molar-refractivity contribution < 1.29 is 9.84 Å². The van der Waals surface area contributed by atoms with Crippen molar-refractivity contribution >= 4 is 34.9 Å². The quantitative estimate of drug-likeness (QED) is 0.261. The van der Waals surface area contributed by atoms with E-state index >= 15 is 0 Å². The molecule has 0 saturated carbocycles. The summed E-state index contributed by atoms with van der Waals surface area (Å²) in [6.07, 6.45) is 0.522. The first-order chi connectivity index (χ1) is 16.3. The lowest BCUT2D eigenvalue weighted by molar-refractivity contribution is 0.0935. The molecule has 0 aliphatic carbocycles. The molecule has 0 spiro atoms. The summed E-state index contributed by atoms with van der Waals surface area (Å²) in [5, 5.41) is 15.4. The topological polar surface area (TPSA) is 127 Å². The average molecular weight is 483 g/mol. The van der Waals surface area contributed by atoms with Crippen LogP contribution in [0.1, 0.15) is 11.1 Å². The molecule has 0 radical (unpaired) electrons. The van der Waals surface area contributed by atoms with E-state index in [-0.39, 0.29) is 30.3 Å². The van der Waals surface area contributed by atoms with Gasteiger partial charge in [-0.3, -0.25) is 14.3 Å². The number of benzene rings is 2. The number of imidazole rings is 1. The van der Waals surface area contributed by atoms with Crippen LogP contribution in [0.5, 0.6) is 5.75 Å². The minimum absolute atomic E-state index is 0.0173. The molecule has 11 heteroatoms. The third-order valence-corrected chi connectivity index (χ3v) is 5.54. The Balaban J connectivity index is 1.64. The molecule has 0 aliphatic heterocycles. The first-order valence-electron chi connectivity index (χ1n) is 10.4. The molecule has 2 aromatic heterocycles. The summed E-state index contributed by atoms with van der Waals surface area (Å²) in [5.41, 5.74) is 3.44. The molecule has 0 aliphatic rings. The molecule has 4 rings (SSSR count). The average Bonchev–Trinajstić information content (AvgIpc) is 3.17. The normalized spacial score (nSPS) is 12.4. The molecule has 34 heavy (non-hydrogen) atoms. The summed E-state index contributed by atoms with van der Waals surface area (Å²) in [7, 11) is 1.49. The number of aromatic nitrogens is 4. The number of aromatic amines is 1. The van der Waals surface area contributed by atoms with E-state index in [4.69, 9.17) is 16.3 Å². The van der Waals surface area contributed by atoms with E-state index in [1.807, 2.05) is 37.3 Å². The first kappa shape index (κ1) is 23.3. The van der Waals surface area contributed by atoms with Gasteiger partial charge in [0.05, 0.1) is 12.8 Å². The fourth-order valence-corrected chi connectivity index (χ4v) is 3.59. The van der Waals surface area contributed by atoms with Crippen LogP contribution in [0.15, 0.2) is 63.2 Å². The van der Waals surface area contributed by atoms with Gasteiger partial charge in [0.15, 0.2) is 11.2 Å². The number of anilines is 1. The van der Waals surface area contributed by atoms with Crippen molar-refractivity contribution in [1.29, 1.82) is 0 Å². The molecular weight excluding hydrogens is 460 g/mol. The zero-order valence-electron chi connectivity index (χ0n) is 18.5. The largest absolute Gasteiger partial charge is 0.491 e. The van der Waals surface area contributed by atoms with Crippen LogP contribution in [0, 0.1) is 6.92 Å². The Bertz CT molecular complexity index is 1470. The van der Waals surface area contributed by atoms with Gasteiger partial charge in [0.25, 0.3) is 5.56 Å². The van der Waals surface area contributed by atoms with E-state index in [0.717, 1.165) is 5.56 Å². The minimum atomic E-state index is -0.985. The van der Waals surface area contributed by atoms with Gasteiger partial charge in [-0.05, 0) is 24.6 Å². The van der Waals surface area contributed by atoms with Gasteiger partial charge in [-0.2, -0.15) is 10.1 Å². The van der Waals surface area contributed by atoms with Crippen molar-refractivity contribution in [2.75, 3.05) is 12.0 Å². The fraction of sp³-hybridized carbons (Fsp3) is 0.217. The Hall–Kier alpha value is -3.89. The second-order valence-corrected chi connectivity index (χ2v) is 8.07. The van der Waals surface area contributed by atoms with E-state index in [1.54, 1.807) is 18.2 Å². The van der Waals surface area contributed by atoms with Crippen LogP contribution in [-0.4, -0.2) is 43.1 Å². The molecule has 10 nitrogen and oxygen atoms in total. The Morgan fingerprint density at radius 3 is 2.74 bits per heavy atom. The number of hydrazone groups is 1. The Morgan fingerprint density at radius 2 is 1.97 bits per heavy atom. The maximum atomic E-state index is 12.6. The third-order valence-electron chi connectivity index (χ3n) is 5.20. The summed E-state index contributed by atoms with van der Waals surface area (Å²) in [5.74, 6) is 0.819. The van der Waals surface area contributed by atoms with E-state index in [1.165, 1.54) is 22.4 Å². The van der Waals surface area contributed by atoms with Gasteiger partial charge in [-0.15, -0.1) is 0 Å². The number of aryl methyl sites for hydroxylation is 2. The van der Waals surface area contributed by atoms with Gasteiger partial charge in [-0.25, -0.2) is 10.2 Å². The number of aliphatic hydroxyl groups excluding tert-OH is 1. The van der Waals surface area contributed by atoms with Gasteiger partial charge in [0, 0.05) is 17.6 Å². The smallest absolute Gasteiger partial charge is 0.329 e. The number of hydrogen-bond acceptors (Lipinski definition) is 7. The summed E-state index contributed by atoms with van der Waals surface area (Å²) in [6, 6.07) is 14.6.